The zero-order chi connectivity index (χ0) is 15.4. The van der Waals surface area contributed by atoms with Gasteiger partial charge in [0.2, 0.25) is 0 Å². The molecule has 1 aliphatic rings. The Morgan fingerprint density at radius 2 is 2.05 bits per heavy atom. The van der Waals surface area contributed by atoms with E-state index in [9.17, 15) is 4.79 Å². The molecule has 5 nitrogen and oxygen atoms in total. The van der Waals surface area contributed by atoms with Gasteiger partial charge in [-0.25, -0.2) is 4.98 Å². The number of aliphatic carboxylic acids is 1. The van der Waals surface area contributed by atoms with Crippen LogP contribution >= 0.6 is 0 Å². The van der Waals surface area contributed by atoms with Crippen LogP contribution in [0.2, 0.25) is 0 Å². The molecular formula is C17H23N3O2. The van der Waals surface area contributed by atoms with E-state index in [4.69, 9.17) is 10.1 Å². The van der Waals surface area contributed by atoms with Crippen molar-refractivity contribution in [3.8, 4) is 0 Å². The topological polar surface area (TPSA) is 69.2 Å². The second-order valence-electron chi connectivity index (χ2n) is 6.11. The van der Waals surface area contributed by atoms with E-state index in [-0.39, 0.29) is 6.42 Å². The maximum atomic E-state index is 10.5. The van der Waals surface area contributed by atoms with Gasteiger partial charge < -0.3 is 15.0 Å². The molecule has 0 spiro atoms. The molecule has 118 valence electrons. The number of nitrogens with zero attached hydrogens (tertiary/aromatic N) is 2. The summed E-state index contributed by atoms with van der Waals surface area (Å²) >= 11 is 0. The monoisotopic (exact) mass is 301 g/mol. The lowest BCUT2D eigenvalue weighted by Crippen LogP contribution is -2.34. The van der Waals surface area contributed by atoms with Gasteiger partial charge in [0.25, 0.3) is 0 Å². The smallest absolute Gasteiger partial charge is 0.303 e. The van der Waals surface area contributed by atoms with Crippen LogP contribution in [0.3, 0.4) is 0 Å². The molecule has 1 saturated heterocycles. The number of rotatable bonds is 6. The summed E-state index contributed by atoms with van der Waals surface area (Å²) in [5.74, 6) is 0.943. The molecule has 1 aliphatic heterocycles. The van der Waals surface area contributed by atoms with E-state index in [2.05, 4.69) is 16.0 Å². The quantitative estimate of drug-likeness (QED) is 0.805. The number of nitrogens with one attached hydrogen (secondary N) is 1. The summed E-state index contributed by atoms with van der Waals surface area (Å²) in [6, 6.07) is 8.17. The molecule has 1 aromatic heterocycles. The van der Waals surface area contributed by atoms with E-state index in [0.717, 1.165) is 62.2 Å². The number of fused-ring (bicyclic) bond motifs is 1. The number of imidazole rings is 1. The summed E-state index contributed by atoms with van der Waals surface area (Å²) in [6.07, 6.45) is 4.29. The Hall–Kier alpha value is -1.88. The number of piperidine rings is 1. The van der Waals surface area contributed by atoms with Crippen molar-refractivity contribution in [3.63, 3.8) is 0 Å². The molecule has 2 heterocycles. The normalized spacial score (nSPS) is 17.1. The number of likely N-dealkylation sites (tertiary alicyclic amines) is 1. The van der Waals surface area contributed by atoms with Gasteiger partial charge in [0.1, 0.15) is 5.82 Å². The summed E-state index contributed by atoms with van der Waals surface area (Å²) in [4.78, 5) is 21.1. The SMILES string of the molecule is O=C(O)CCCCN1CCC(c2nc3ccccc3[nH]2)CC1. The van der Waals surface area contributed by atoms with E-state index in [1.54, 1.807) is 0 Å². The third-order valence-electron chi connectivity index (χ3n) is 4.50. The molecule has 1 fully saturated rings. The highest BCUT2D eigenvalue weighted by atomic mass is 16.4. The van der Waals surface area contributed by atoms with E-state index >= 15 is 0 Å². The number of aromatic nitrogens is 2. The number of hydrogen-bond acceptors (Lipinski definition) is 3. The zero-order valence-corrected chi connectivity index (χ0v) is 12.8. The van der Waals surface area contributed by atoms with Crippen LogP contribution in [0.25, 0.3) is 11.0 Å². The molecule has 0 bridgehead atoms. The van der Waals surface area contributed by atoms with Crippen LogP contribution in [-0.4, -0.2) is 45.6 Å². The van der Waals surface area contributed by atoms with Gasteiger partial charge in [0.15, 0.2) is 0 Å². The number of hydrogen-bond donors (Lipinski definition) is 2. The fourth-order valence-electron chi connectivity index (χ4n) is 3.21. The van der Waals surface area contributed by atoms with Crippen molar-refractivity contribution < 1.29 is 9.90 Å². The van der Waals surface area contributed by atoms with Gasteiger partial charge in [-0.05, 0) is 57.5 Å². The first kappa shape index (κ1) is 15.0. The number of benzene rings is 1. The summed E-state index contributed by atoms with van der Waals surface area (Å²) in [5, 5.41) is 8.65. The highest BCUT2D eigenvalue weighted by Crippen LogP contribution is 2.27. The van der Waals surface area contributed by atoms with Crippen LogP contribution in [-0.2, 0) is 4.79 Å². The third-order valence-corrected chi connectivity index (χ3v) is 4.50. The van der Waals surface area contributed by atoms with Gasteiger partial charge in [-0.2, -0.15) is 0 Å². The first-order chi connectivity index (χ1) is 10.7. The van der Waals surface area contributed by atoms with E-state index in [1.807, 2.05) is 18.2 Å². The molecule has 0 saturated carbocycles. The molecule has 0 unspecified atom stereocenters. The Balaban J connectivity index is 1.48. The predicted octanol–water partition coefficient (Wildman–Crippen LogP) is 3.00. The van der Waals surface area contributed by atoms with Crippen molar-refractivity contribution in [2.75, 3.05) is 19.6 Å². The predicted molar refractivity (Wildman–Crippen MR) is 86.0 cm³/mol. The van der Waals surface area contributed by atoms with Crippen molar-refractivity contribution in [2.45, 2.75) is 38.0 Å². The van der Waals surface area contributed by atoms with Crippen LogP contribution in [0.15, 0.2) is 24.3 Å². The maximum Gasteiger partial charge on any atom is 0.303 e. The van der Waals surface area contributed by atoms with Crippen molar-refractivity contribution in [1.29, 1.82) is 0 Å². The summed E-state index contributed by atoms with van der Waals surface area (Å²) < 4.78 is 0. The molecule has 0 radical (unpaired) electrons. The maximum absolute atomic E-state index is 10.5. The van der Waals surface area contributed by atoms with E-state index < -0.39 is 5.97 Å². The summed E-state index contributed by atoms with van der Waals surface area (Å²) in [6.45, 7) is 3.17. The lowest BCUT2D eigenvalue weighted by molar-refractivity contribution is -0.137. The molecule has 1 aromatic carbocycles. The summed E-state index contributed by atoms with van der Waals surface area (Å²) in [7, 11) is 0. The van der Waals surface area contributed by atoms with Crippen molar-refractivity contribution in [1.82, 2.24) is 14.9 Å². The zero-order valence-electron chi connectivity index (χ0n) is 12.8. The standard InChI is InChI=1S/C17H23N3O2/c21-16(22)7-3-4-10-20-11-8-13(9-12-20)17-18-14-5-1-2-6-15(14)19-17/h1-2,5-6,13H,3-4,7-12H2,(H,18,19)(H,21,22). The highest BCUT2D eigenvalue weighted by molar-refractivity contribution is 5.74. The Kier molecular flexibility index (Phi) is 4.73. The van der Waals surface area contributed by atoms with Crippen LogP contribution in [0.4, 0.5) is 0 Å². The minimum Gasteiger partial charge on any atom is -0.481 e. The van der Waals surface area contributed by atoms with Gasteiger partial charge in [0.05, 0.1) is 11.0 Å². The fraction of sp³-hybridized carbons (Fsp3) is 0.529. The number of para-hydroxylation sites is 2. The molecule has 0 amide bonds. The molecule has 2 aromatic rings. The summed E-state index contributed by atoms with van der Waals surface area (Å²) in [5.41, 5.74) is 2.17. The lowest BCUT2D eigenvalue weighted by atomic mass is 9.96. The van der Waals surface area contributed by atoms with Gasteiger partial charge in [-0.3, -0.25) is 4.79 Å². The number of aromatic amines is 1. The first-order valence-corrected chi connectivity index (χ1v) is 8.11. The molecular weight excluding hydrogens is 278 g/mol. The Bertz CT molecular complexity index is 597. The fourth-order valence-corrected chi connectivity index (χ4v) is 3.21. The molecule has 3 rings (SSSR count). The van der Waals surface area contributed by atoms with Crippen LogP contribution in [0.1, 0.15) is 43.8 Å². The average Bonchev–Trinajstić information content (AvgIpc) is 2.96. The van der Waals surface area contributed by atoms with Gasteiger partial charge in [0, 0.05) is 12.3 Å². The molecule has 22 heavy (non-hydrogen) atoms. The third kappa shape index (κ3) is 3.65. The second-order valence-corrected chi connectivity index (χ2v) is 6.11. The molecule has 5 heteroatoms. The largest absolute Gasteiger partial charge is 0.481 e. The van der Waals surface area contributed by atoms with Crippen LogP contribution in [0.5, 0.6) is 0 Å². The molecule has 0 aliphatic carbocycles. The number of H-pyrrole nitrogens is 1. The molecule has 2 N–H and O–H groups in total. The Morgan fingerprint density at radius 1 is 1.27 bits per heavy atom. The second kappa shape index (κ2) is 6.92. The number of carbonyl (C=O) groups is 1. The van der Waals surface area contributed by atoms with Gasteiger partial charge >= 0.3 is 5.97 Å². The van der Waals surface area contributed by atoms with Gasteiger partial charge in [-0.1, -0.05) is 12.1 Å². The van der Waals surface area contributed by atoms with E-state index in [1.165, 1.54) is 0 Å². The first-order valence-electron chi connectivity index (χ1n) is 8.11. The minimum absolute atomic E-state index is 0.287. The Labute approximate surface area is 130 Å². The van der Waals surface area contributed by atoms with E-state index in [0.29, 0.717) is 5.92 Å². The lowest BCUT2D eigenvalue weighted by Gasteiger charge is -2.31. The highest BCUT2D eigenvalue weighted by Gasteiger charge is 2.22. The van der Waals surface area contributed by atoms with Crippen molar-refractivity contribution >= 4 is 17.0 Å². The van der Waals surface area contributed by atoms with Crippen LogP contribution < -0.4 is 0 Å². The van der Waals surface area contributed by atoms with Crippen molar-refractivity contribution in [2.24, 2.45) is 0 Å². The molecule has 0 atom stereocenters. The number of carboxylic acids is 1. The Morgan fingerprint density at radius 3 is 2.77 bits per heavy atom. The van der Waals surface area contributed by atoms with Crippen LogP contribution in [0, 0.1) is 0 Å². The van der Waals surface area contributed by atoms with Crippen molar-refractivity contribution in [3.05, 3.63) is 30.1 Å². The van der Waals surface area contributed by atoms with Gasteiger partial charge in [-0.15, -0.1) is 0 Å². The minimum atomic E-state index is -0.691. The average molecular weight is 301 g/mol. The number of unbranched alkanes of at least 4 members (excludes halogenated alkanes) is 1. The number of carboxylic acid groups (broad SMARTS) is 1.